The molecule has 1 heterocycles. The van der Waals surface area contributed by atoms with Crippen LogP contribution in [0.2, 0.25) is 0 Å². The fourth-order valence-corrected chi connectivity index (χ4v) is 1.37. The average Bonchev–Trinajstić information content (AvgIpc) is 2.07. The van der Waals surface area contributed by atoms with E-state index in [2.05, 4.69) is 9.72 Å². The molecule has 0 N–H and O–H groups in total. The monoisotopic (exact) mass is 357 g/mol. The molecule has 2 nitrogen and oxygen atoms in total. The molecule has 0 spiro atoms. The summed E-state index contributed by atoms with van der Waals surface area (Å²) in [6.45, 7) is 0. The van der Waals surface area contributed by atoms with Crippen molar-refractivity contribution in [3.05, 3.63) is 21.1 Å². The lowest BCUT2D eigenvalue weighted by molar-refractivity contribution is -0.276. The van der Waals surface area contributed by atoms with Gasteiger partial charge in [-0.2, -0.15) is 0 Å². The second-order valence-corrected chi connectivity index (χ2v) is 3.52. The number of halogens is 7. The zero-order valence-electron chi connectivity index (χ0n) is 7.16. The van der Waals surface area contributed by atoms with Crippen molar-refractivity contribution < 1.29 is 31.1 Å². The normalized spacial score (nSPS) is 12.0. The van der Waals surface area contributed by atoms with Crippen LogP contribution >= 0.6 is 22.6 Å². The maximum Gasteiger partial charge on any atom is 0.574 e. The minimum Gasteiger partial charge on any atom is -0.388 e. The summed E-state index contributed by atoms with van der Waals surface area (Å²) in [6, 6.07) is 0.218. The quantitative estimate of drug-likeness (QED) is 0.458. The van der Waals surface area contributed by atoms with Crippen LogP contribution in [0.3, 0.4) is 0 Å². The molecule has 0 unspecified atom stereocenters. The van der Waals surface area contributed by atoms with Crippen molar-refractivity contribution in [1.82, 2.24) is 4.98 Å². The van der Waals surface area contributed by atoms with Gasteiger partial charge in [0.15, 0.2) is 5.82 Å². The molecule has 90 valence electrons. The summed E-state index contributed by atoms with van der Waals surface area (Å²) in [7, 11) is 0. The molecule has 16 heavy (non-hydrogen) atoms. The molecule has 0 aliphatic carbocycles. The van der Waals surface area contributed by atoms with Crippen LogP contribution in [0, 0.1) is 9.52 Å². The molecule has 1 rings (SSSR count). The van der Waals surface area contributed by atoms with Gasteiger partial charge >= 0.3 is 6.36 Å². The highest BCUT2D eigenvalue weighted by Gasteiger charge is 2.33. The van der Waals surface area contributed by atoms with Gasteiger partial charge in [0.25, 0.3) is 6.43 Å². The fraction of sp³-hybridized carbons (Fsp3) is 0.286. The van der Waals surface area contributed by atoms with E-state index in [1.807, 2.05) is 0 Å². The smallest absolute Gasteiger partial charge is 0.388 e. The van der Waals surface area contributed by atoms with E-state index < -0.39 is 33.7 Å². The molecule has 0 radical (unpaired) electrons. The van der Waals surface area contributed by atoms with Crippen LogP contribution in [0.4, 0.5) is 26.3 Å². The maximum absolute atomic E-state index is 13.0. The van der Waals surface area contributed by atoms with E-state index in [-0.39, 0.29) is 6.07 Å². The summed E-state index contributed by atoms with van der Waals surface area (Å²) in [6.07, 6.45) is -8.31. The van der Waals surface area contributed by atoms with Crippen LogP contribution in [0.25, 0.3) is 0 Å². The van der Waals surface area contributed by atoms with Crippen molar-refractivity contribution in [3.8, 4) is 5.88 Å². The predicted octanol–water partition coefficient (Wildman–Crippen LogP) is 3.66. The first-order valence-electron chi connectivity index (χ1n) is 3.60. The van der Waals surface area contributed by atoms with E-state index >= 15 is 0 Å². The molecule has 0 aliphatic rings. The van der Waals surface area contributed by atoms with E-state index in [0.717, 1.165) is 0 Å². The molecule has 0 saturated heterocycles. The van der Waals surface area contributed by atoms with E-state index in [1.165, 1.54) is 22.6 Å². The standard InChI is InChI=1S/C7H2F6INO/c8-4-2(5(9)10)1-3(15-6(4)14)16-7(11,12)13/h1,5H. The van der Waals surface area contributed by atoms with Gasteiger partial charge in [-0.15, -0.1) is 13.2 Å². The van der Waals surface area contributed by atoms with Crippen molar-refractivity contribution >= 4 is 22.6 Å². The Morgan fingerprint density at radius 1 is 1.31 bits per heavy atom. The Morgan fingerprint density at radius 2 is 1.88 bits per heavy atom. The van der Waals surface area contributed by atoms with Gasteiger partial charge < -0.3 is 4.74 Å². The lowest BCUT2D eigenvalue weighted by Gasteiger charge is -2.10. The minimum absolute atomic E-state index is 0.218. The summed E-state index contributed by atoms with van der Waals surface area (Å²) in [5.74, 6) is -2.47. The van der Waals surface area contributed by atoms with E-state index in [1.54, 1.807) is 0 Å². The zero-order valence-corrected chi connectivity index (χ0v) is 9.31. The number of aromatic nitrogens is 1. The molecule has 0 aromatic carbocycles. The Hall–Kier alpha value is -0.740. The van der Waals surface area contributed by atoms with Crippen LogP contribution in [0.15, 0.2) is 6.07 Å². The summed E-state index contributed by atoms with van der Waals surface area (Å²) in [5.41, 5.74) is -1.18. The molecule has 9 heteroatoms. The summed E-state index contributed by atoms with van der Waals surface area (Å²) < 4.78 is 75.4. The van der Waals surface area contributed by atoms with Crippen molar-refractivity contribution in [3.63, 3.8) is 0 Å². The highest BCUT2D eigenvalue weighted by Crippen LogP contribution is 2.29. The van der Waals surface area contributed by atoms with Gasteiger partial charge in [0.05, 0.1) is 5.56 Å². The number of alkyl halides is 5. The number of ether oxygens (including phenoxy) is 1. The second-order valence-electron chi connectivity index (χ2n) is 2.50. The fourth-order valence-electron chi connectivity index (χ4n) is 0.823. The highest BCUT2D eigenvalue weighted by atomic mass is 127. The SMILES string of the molecule is Fc1c(C(F)F)cc(OC(F)(F)F)nc1I. The average molecular weight is 357 g/mol. The van der Waals surface area contributed by atoms with Crippen molar-refractivity contribution in [2.24, 2.45) is 0 Å². The molecule has 0 fully saturated rings. The van der Waals surface area contributed by atoms with Crippen LogP contribution < -0.4 is 4.74 Å². The van der Waals surface area contributed by atoms with Gasteiger partial charge in [-0.1, -0.05) is 0 Å². The minimum atomic E-state index is -5.06. The summed E-state index contributed by atoms with van der Waals surface area (Å²) in [5, 5.41) is 0. The third-order valence-electron chi connectivity index (χ3n) is 1.38. The third kappa shape index (κ3) is 3.39. The number of hydrogen-bond donors (Lipinski definition) is 0. The molecule has 0 aliphatic heterocycles. The number of rotatable bonds is 2. The molecular weight excluding hydrogens is 355 g/mol. The molecule has 0 amide bonds. The summed E-state index contributed by atoms with van der Waals surface area (Å²) >= 11 is 1.19. The molecular formula is C7H2F6INO. The second kappa shape index (κ2) is 4.63. The molecule has 1 aromatic rings. The Morgan fingerprint density at radius 3 is 2.31 bits per heavy atom. The number of hydrogen-bond acceptors (Lipinski definition) is 2. The first-order chi connectivity index (χ1) is 7.20. The first-order valence-corrected chi connectivity index (χ1v) is 4.68. The zero-order chi connectivity index (χ0) is 12.5. The van der Waals surface area contributed by atoms with Crippen molar-refractivity contribution in [2.45, 2.75) is 12.8 Å². The topological polar surface area (TPSA) is 22.1 Å². The van der Waals surface area contributed by atoms with Gasteiger partial charge in [0, 0.05) is 6.07 Å². The number of nitrogens with zero attached hydrogens (tertiary/aromatic N) is 1. The largest absolute Gasteiger partial charge is 0.574 e. The Labute approximate surface area is 98.7 Å². The van der Waals surface area contributed by atoms with Gasteiger partial charge in [-0.05, 0) is 22.6 Å². The van der Waals surface area contributed by atoms with Crippen molar-refractivity contribution in [1.29, 1.82) is 0 Å². The predicted molar refractivity (Wildman–Crippen MR) is 48.6 cm³/mol. The van der Waals surface area contributed by atoms with Gasteiger partial charge in [0.2, 0.25) is 5.88 Å². The Kier molecular flexibility index (Phi) is 3.86. The van der Waals surface area contributed by atoms with Crippen LogP contribution in [-0.4, -0.2) is 11.3 Å². The number of pyridine rings is 1. The Balaban J connectivity index is 3.14. The lowest BCUT2D eigenvalue weighted by Crippen LogP contribution is -2.18. The van der Waals surface area contributed by atoms with E-state index in [9.17, 15) is 26.3 Å². The van der Waals surface area contributed by atoms with Crippen LogP contribution in [0.5, 0.6) is 5.88 Å². The third-order valence-corrected chi connectivity index (χ3v) is 2.09. The van der Waals surface area contributed by atoms with Gasteiger partial charge in [-0.25, -0.2) is 18.2 Å². The first kappa shape index (κ1) is 13.3. The van der Waals surface area contributed by atoms with Crippen LogP contribution in [-0.2, 0) is 0 Å². The molecule has 0 saturated carbocycles. The summed E-state index contributed by atoms with van der Waals surface area (Å²) in [4.78, 5) is 3.04. The highest BCUT2D eigenvalue weighted by molar-refractivity contribution is 14.1. The van der Waals surface area contributed by atoms with E-state index in [4.69, 9.17) is 0 Å². The van der Waals surface area contributed by atoms with Gasteiger partial charge in [-0.3, -0.25) is 0 Å². The Bertz CT molecular complexity index is 393. The van der Waals surface area contributed by atoms with Crippen molar-refractivity contribution in [2.75, 3.05) is 0 Å². The van der Waals surface area contributed by atoms with E-state index in [0.29, 0.717) is 0 Å². The molecule has 0 atom stereocenters. The maximum atomic E-state index is 13.0. The molecule has 1 aromatic heterocycles. The lowest BCUT2D eigenvalue weighted by atomic mass is 10.2. The van der Waals surface area contributed by atoms with Crippen LogP contribution in [0.1, 0.15) is 12.0 Å². The van der Waals surface area contributed by atoms with Gasteiger partial charge in [0.1, 0.15) is 3.70 Å². The molecule has 0 bridgehead atoms.